The van der Waals surface area contributed by atoms with E-state index < -0.39 is 6.10 Å². The monoisotopic (exact) mass is 291 g/mol. The Morgan fingerprint density at radius 3 is 2.33 bits per heavy atom. The van der Waals surface area contributed by atoms with E-state index in [1.54, 1.807) is 12.1 Å². The molecule has 0 spiro atoms. The molecule has 3 heteroatoms. The highest BCUT2D eigenvalue weighted by Crippen LogP contribution is 2.33. The van der Waals surface area contributed by atoms with Crippen LogP contribution in [0.2, 0.25) is 0 Å². The van der Waals surface area contributed by atoms with Crippen molar-refractivity contribution in [3.8, 4) is 0 Å². The molecule has 0 bridgehead atoms. The van der Waals surface area contributed by atoms with Gasteiger partial charge in [0.25, 0.3) is 0 Å². The third kappa shape index (κ3) is 4.52. The minimum Gasteiger partial charge on any atom is -0.388 e. The van der Waals surface area contributed by atoms with Gasteiger partial charge in [0.1, 0.15) is 5.82 Å². The molecule has 2 aliphatic rings. The molecule has 2 fully saturated rings. The van der Waals surface area contributed by atoms with Crippen LogP contribution in [0.4, 0.5) is 4.39 Å². The fourth-order valence-corrected chi connectivity index (χ4v) is 3.35. The van der Waals surface area contributed by atoms with Crippen molar-refractivity contribution in [3.05, 3.63) is 35.6 Å². The smallest absolute Gasteiger partial charge is 0.123 e. The predicted molar refractivity (Wildman–Crippen MR) is 82.5 cm³/mol. The summed E-state index contributed by atoms with van der Waals surface area (Å²) in [6.45, 7) is 3.61. The second kappa shape index (κ2) is 6.89. The molecule has 1 aliphatic heterocycles. The van der Waals surface area contributed by atoms with Crippen LogP contribution in [0.1, 0.15) is 50.2 Å². The molecule has 1 N–H and O–H groups in total. The van der Waals surface area contributed by atoms with Crippen LogP contribution in [0.5, 0.6) is 0 Å². The van der Waals surface area contributed by atoms with Gasteiger partial charge in [-0.1, -0.05) is 25.0 Å². The molecule has 0 aromatic heterocycles. The maximum Gasteiger partial charge on any atom is 0.123 e. The lowest BCUT2D eigenvalue weighted by atomic mass is 9.89. The van der Waals surface area contributed by atoms with Gasteiger partial charge in [0.15, 0.2) is 0 Å². The number of aliphatic hydroxyl groups is 1. The van der Waals surface area contributed by atoms with Crippen molar-refractivity contribution in [3.63, 3.8) is 0 Å². The van der Waals surface area contributed by atoms with Gasteiger partial charge < -0.3 is 10.0 Å². The van der Waals surface area contributed by atoms with Crippen LogP contribution in [0.15, 0.2) is 24.3 Å². The number of likely N-dealkylation sites (tertiary alicyclic amines) is 1. The predicted octanol–water partition coefficient (Wildman–Crippen LogP) is 3.76. The first-order chi connectivity index (χ1) is 10.2. The second-order valence-electron chi connectivity index (χ2n) is 6.82. The lowest BCUT2D eigenvalue weighted by molar-refractivity contribution is 0.107. The van der Waals surface area contributed by atoms with Crippen molar-refractivity contribution >= 4 is 0 Å². The molecular formula is C18H26FNO. The topological polar surface area (TPSA) is 23.5 Å². The third-order valence-electron chi connectivity index (χ3n) is 5.07. The Balaban J connectivity index is 1.40. The van der Waals surface area contributed by atoms with Crippen molar-refractivity contribution < 1.29 is 9.50 Å². The first-order valence-corrected chi connectivity index (χ1v) is 8.36. The molecule has 3 rings (SSSR count). The number of benzene rings is 1. The standard InChI is InChI=1S/C18H26FNO/c19-17-5-3-16(4-6-17)18(21)13-15-8-11-20(12-9-15)10-7-14-1-2-14/h3-6,14-15,18,21H,1-2,7-13H2/t18-/m1/s1. The molecule has 1 aliphatic carbocycles. The average molecular weight is 291 g/mol. The van der Waals surface area contributed by atoms with Gasteiger partial charge >= 0.3 is 0 Å². The average Bonchev–Trinajstić information content (AvgIpc) is 3.31. The van der Waals surface area contributed by atoms with E-state index in [2.05, 4.69) is 4.90 Å². The van der Waals surface area contributed by atoms with E-state index in [1.807, 2.05) is 0 Å². The van der Waals surface area contributed by atoms with E-state index in [4.69, 9.17) is 0 Å². The van der Waals surface area contributed by atoms with Gasteiger partial charge in [0.05, 0.1) is 6.10 Å². The van der Waals surface area contributed by atoms with Crippen molar-refractivity contribution in [2.45, 2.75) is 44.6 Å². The van der Waals surface area contributed by atoms with E-state index in [9.17, 15) is 9.50 Å². The van der Waals surface area contributed by atoms with Gasteiger partial charge in [-0.3, -0.25) is 0 Å². The van der Waals surface area contributed by atoms with Crippen LogP contribution in [0, 0.1) is 17.7 Å². The van der Waals surface area contributed by atoms with Crippen molar-refractivity contribution in [1.82, 2.24) is 4.90 Å². The molecule has 21 heavy (non-hydrogen) atoms. The third-order valence-corrected chi connectivity index (χ3v) is 5.07. The summed E-state index contributed by atoms with van der Waals surface area (Å²) in [6, 6.07) is 6.26. The maximum atomic E-state index is 12.9. The molecule has 0 amide bonds. The largest absolute Gasteiger partial charge is 0.388 e. The number of piperidine rings is 1. The summed E-state index contributed by atoms with van der Waals surface area (Å²) >= 11 is 0. The summed E-state index contributed by atoms with van der Waals surface area (Å²) in [5.41, 5.74) is 0.840. The summed E-state index contributed by atoms with van der Waals surface area (Å²) in [5.74, 6) is 1.38. The number of hydrogen-bond acceptors (Lipinski definition) is 2. The Morgan fingerprint density at radius 1 is 1.05 bits per heavy atom. The van der Waals surface area contributed by atoms with Crippen molar-refractivity contribution in [2.24, 2.45) is 11.8 Å². The number of aliphatic hydroxyl groups excluding tert-OH is 1. The quantitative estimate of drug-likeness (QED) is 0.862. The number of nitrogens with zero attached hydrogens (tertiary/aromatic N) is 1. The van der Waals surface area contributed by atoms with E-state index >= 15 is 0 Å². The highest BCUT2D eigenvalue weighted by atomic mass is 19.1. The SMILES string of the molecule is O[C@H](CC1CCN(CCC2CC2)CC1)c1ccc(F)cc1. The van der Waals surface area contributed by atoms with Crippen LogP contribution in [0.3, 0.4) is 0 Å². The van der Waals surface area contributed by atoms with Gasteiger partial charge in [0, 0.05) is 0 Å². The first-order valence-electron chi connectivity index (χ1n) is 8.36. The van der Waals surface area contributed by atoms with Crippen LogP contribution in [0.25, 0.3) is 0 Å². The van der Waals surface area contributed by atoms with Crippen LogP contribution in [-0.4, -0.2) is 29.6 Å². The highest BCUT2D eigenvalue weighted by molar-refractivity contribution is 5.18. The summed E-state index contributed by atoms with van der Waals surface area (Å²) in [6.07, 6.45) is 6.99. The fourth-order valence-electron chi connectivity index (χ4n) is 3.35. The van der Waals surface area contributed by atoms with Gasteiger partial charge in [-0.05, 0) is 74.8 Å². The van der Waals surface area contributed by atoms with E-state index in [-0.39, 0.29) is 5.82 Å². The van der Waals surface area contributed by atoms with Crippen LogP contribution in [-0.2, 0) is 0 Å². The molecule has 0 radical (unpaired) electrons. The minimum absolute atomic E-state index is 0.241. The maximum absolute atomic E-state index is 12.9. The zero-order valence-electron chi connectivity index (χ0n) is 12.7. The van der Waals surface area contributed by atoms with Gasteiger partial charge in [-0.25, -0.2) is 4.39 Å². The molecule has 2 nitrogen and oxygen atoms in total. The Labute approximate surface area is 127 Å². The molecule has 1 saturated carbocycles. The Bertz CT molecular complexity index is 435. The lowest BCUT2D eigenvalue weighted by Crippen LogP contribution is -2.35. The summed E-state index contributed by atoms with van der Waals surface area (Å²) in [7, 11) is 0. The summed E-state index contributed by atoms with van der Waals surface area (Å²) in [4.78, 5) is 2.58. The van der Waals surface area contributed by atoms with Crippen LogP contribution >= 0.6 is 0 Å². The van der Waals surface area contributed by atoms with E-state index in [0.717, 1.165) is 17.9 Å². The highest BCUT2D eigenvalue weighted by Gasteiger charge is 2.25. The summed E-state index contributed by atoms with van der Waals surface area (Å²) in [5, 5.41) is 10.3. The Morgan fingerprint density at radius 2 is 1.71 bits per heavy atom. The second-order valence-corrected chi connectivity index (χ2v) is 6.82. The molecule has 1 saturated heterocycles. The molecular weight excluding hydrogens is 265 g/mol. The molecule has 1 aromatic carbocycles. The number of halogens is 1. The number of rotatable bonds is 6. The molecule has 116 valence electrons. The zero-order valence-corrected chi connectivity index (χ0v) is 12.7. The normalized spacial score (nSPS) is 22.4. The van der Waals surface area contributed by atoms with Crippen molar-refractivity contribution in [1.29, 1.82) is 0 Å². The van der Waals surface area contributed by atoms with E-state index in [1.165, 1.54) is 63.9 Å². The number of hydrogen-bond donors (Lipinski definition) is 1. The molecule has 0 unspecified atom stereocenters. The Hall–Kier alpha value is -0.930. The minimum atomic E-state index is -0.450. The lowest BCUT2D eigenvalue weighted by Gasteiger charge is -2.33. The fraction of sp³-hybridized carbons (Fsp3) is 0.667. The van der Waals surface area contributed by atoms with Crippen molar-refractivity contribution in [2.75, 3.05) is 19.6 Å². The zero-order chi connectivity index (χ0) is 14.7. The Kier molecular flexibility index (Phi) is 4.91. The molecule has 1 heterocycles. The van der Waals surface area contributed by atoms with Gasteiger partial charge in [-0.2, -0.15) is 0 Å². The first kappa shape index (κ1) is 15.0. The van der Waals surface area contributed by atoms with Gasteiger partial charge in [0.2, 0.25) is 0 Å². The van der Waals surface area contributed by atoms with Crippen LogP contribution < -0.4 is 0 Å². The summed E-state index contributed by atoms with van der Waals surface area (Å²) < 4.78 is 12.9. The molecule has 1 aromatic rings. The van der Waals surface area contributed by atoms with Gasteiger partial charge in [-0.15, -0.1) is 0 Å². The molecule has 1 atom stereocenters. The van der Waals surface area contributed by atoms with E-state index in [0.29, 0.717) is 5.92 Å².